The average Bonchev–Trinajstić information content (AvgIpc) is 2.65. The molecule has 146 valence electrons. The van der Waals surface area contributed by atoms with Crippen molar-refractivity contribution in [3.8, 4) is 11.5 Å². The van der Waals surface area contributed by atoms with Gasteiger partial charge in [-0.05, 0) is 48.4 Å². The van der Waals surface area contributed by atoms with Crippen molar-refractivity contribution < 1.29 is 27.4 Å². The number of alkyl halides is 3. The summed E-state index contributed by atoms with van der Waals surface area (Å²) in [6.07, 6.45) is -3.51. The van der Waals surface area contributed by atoms with Crippen LogP contribution in [0, 0.1) is 0 Å². The van der Waals surface area contributed by atoms with E-state index in [4.69, 9.17) is 9.47 Å². The van der Waals surface area contributed by atoms with Gasteiger partial charge < -0.3 is 14.4 Å². The highest BCUT2D eigenvalue weighted by Gasteiger charge is 2.29. The van der Waals surface area contributed by atoms with Crippen LogP contribution in [-0.2, 0) is 17.5 Å². The van der Waals surface area contributed by atoms with Crippen LogP contribution in [0.4, 0.5) is 13.2 Å². The van der Waals surface area contributed by atoms with E-state index in [9.17, 15) is 18.0 Å². The van der Waals surface area contributed by atoms with E-state index in [-0.39, 0.29) is 12.5 Å². The lowest BCUT2D eigenvalue weighted by atomic mass is 10.1. The number of methoxy groups -OCH3 is 1. The molecule has 0 heterocycles. The third-order valence-corrected chi connectivity index (χ3v) is 3.99. The molecular weight excluding hydrogens is 359 g/mol. The lowest BCUT2D eigenvalue weighted by Gasteiger charge is -2.18. The molecule has 0 unspecified atom stereocenters. The second-order valence-electron chi connectivity index (χ2n) is 6.07. The zero-order chi connectivity index (χ0) is 19.9. The molecule has 0 fully saturated rings. The fourth-order valence-electron chi connectivity index (χ4n) is 2.44. The molecule has 0 atom stereocenters. The van der Waals surface area contributed by atoms with Crippen molar-refractivity contribution in [1.29, 1.82) is 0 Å². The van der Waals surface area contributed by atoms with Crippen LogP contribution < -0.4 is 9.47 Å². The van der Waals surface area contributed by atoms with Gasteiger partial charge in [0.05, 0.1) is 19.3 Å². The number of nitrogens with zero attached hydrogens (tertiary/aromatic N) is 1. The molecule has 0 aliphatic carbocycles. The fraction of sp³-hybridized carbons (Fsp3) is 0.350. The van der Waals surface area contributed by atoms with Crippen LogP contribution in [-0.4, -0.2) is 31.6 Å². The van der Waals surface area contributed by atoms with Gasteiger partial charge in [-0.25, -0.2) is 0 Å². The molecule has 1 amide bonds. The Hall–Kier alpha value is -2.70. The Balaban J connectivity index is 1.73. The molecule has 0 N–H and O–H groups in total. The first-order valence-corrected chi connectivity index (χ1v) is 8.46. The number of ether oxygens (including phenoxy) is 2. The first-order valence-electron chi connectivity index (χ1n) is 8.46. The van der Waals surface area contributed by atoms with E-state index in [1.165, 1.54) is 17.0 Å². The van der Waals surface area contributed by atoms with Crippen LogP contribution in [0.3, 0.4) is 0 Å². The Morgan fingerprint density at radius 3 is 2.15 bits per heavy atom. The Morgan fingerprint density at radius 1 is 1.00 bits per heavy atom. The smallest absolute Gasteiger partial charge is 0.416 e. The minimum atomic E-state index is -4.36. The first-order chi connectivity index (χ1) is 12.8. The number of rotatable bonds is 8. The maximum absolute atomic E-state index is 12.6. The summed E-state index contributed by atoms with van der Waals surface area (Å²) >= 11 is 0. The summed E-state index contributed by atoms with van der Waals surface area (Å²) in [5, 5.41) is 0. The minimum absolute atomic E-state index is 0.0896. The summed E-state index contributed by atoms with van der Waals surface area (Å²) in [7, 11) is 3.22. The Kier molecular flexibility index (Phi) is 7.10. The Labute approximate surface area is 156 Å². The molecule has 0 aromatic heterocycles. The molecular formula is C20H22F3NO3. The van der Waals surface area contributed by atoms with Crippen LogP contribution in [0.2, 0.25) is 0 Å². The van der Waals surface area contributed by atoms with Gasteiger partial charge in [-0.15, -0.1) is 0 Å². The highest BCUT2D eigenvalue weighted by molar-refractivity contribution is 5.75. The predicted octanol–water partition coefficient (Wildman–Crippen LogP) is 4.53. The lowest BCUT2D eigenvalue weighted by Crippen LogP contribution is -2.26. The highest BCUT2D eigenvalue weighted by atomic mass is 19.4. The summed E-state index contributed by atoms with van der Waals surface area (Å²) in [5.41, 5.74) is -0.0516. The van der Waals surface area contributed by atoms with Gasteiger partial charge in [0.1, 0.15) is 11.5 Å². The van der Waals surface area contributed by atoms with E-state index >= 15 is 0 Å². The maximum Gasteiger partial charge on any atom is 0.416 e. The molecule has 0 bridgehead atoms. The second-order valence-corrected chi connectivity index (χ2v) is 6.07. The molecule has 0 aliphatic heterocycles. The number of hydrogen-bond donors (Lipinski definition) is 0. The standard InChI is InChI=1S/C20H22F3NO3/c1-24(14-15-5-7-16(8-6-15)20(21,22)23)19(25)4-3-13-27-18-11-9-17(26-2)10-12-18/h5-12H,3-4,13-14H2,1-2H3. The zero-order valence-electron chi connectivity index (χ0n) is 15.3. The maximum atomic E-state index is 12.6. The number of hydrogen-bond acceptors (Lipinski definition) is 3. The van der Waals surface area contributed by atoms with Crippen molar-refractivity contribution in [2.24, 2.45) is 0 Å². The number of carbonyl (C=O) groups excluding carboxylic acids is 1. The number of amides is 1. The summed E-state index contributed by atoms with van der Waals surface area (Å²) in [6.45, 7) is 0.655. The number of carbonyl (C=O) groups is 1. The molecule has 0 radical (unpaired) electrons. The van der Waals surface area contributed by atoms with Gasteiger partial charge in [-0.3, -0.25) is 4.79 Å². The second kappa shape index (κ2) is 9.30. The molecule has 2 aromatic carbocycles. The molecule has 7 heteroatoms. The number of benzene rings is 2. The van der Waals surface area contributed by atoms with Crippen LogP contribution in [0.5, 0.6) is 11.5 Å². The van der Waals surface area contributed by atoms with Crippen molar-refractivity contribution in [3.05, 3.63) is 59.7 Å². The Bertz CT molecular complexity index is 728. The van der Waals surface area contributed by atoms with Gasteiger partial charge in [-0.1, -0.05) is 12.1 Å². The summed E-state index contributed by atoms with van der Waals surface area (Å²) in [6, 6.07) is 12.0. The van der Waals surface area contributed by atoms with Gasteiger partial charge >= 0.3 is 6.18 Å². The van der Waals surface area contributed by atoms with E-state index < -0.39 is 11.7 Å². The van der Waals surface area contributed by atoms with Crippen LogP contribution in [0.15, 0.2) is 48.5 Å². The van der Waals surface area contributed by atoms with Crippen molar-refractivity contribution in [2.45, 2.75) is 25.6 Å². The van der Waals surface area contributed by atoms with Gasteiger partial charge in [0, 0.05) is 20.0 Å². The van der Waals surface area contributed by atoms with Crippen LogP contribution >= 0.6 is 0 Å². The first kappa shape index (κ1) is 20.6. The van der Waals surface area contributed by atoms with Gasteiger partial charge in [0.25, 0.3) is 0 Å². The average molecular weight is 381 g/mol. The Morgan fingerprint density at radius 2 is 1.59 bits per heavy atom. The lowest BCUT2D eigenvalue weighted by molar-refractivity contribution is -0.137. The fourth-order valence-corrected chi connectivity index (χ4v) is 2.44. The number of halogens is 3. The summed E-state index contributed by atoms with van der Waals surface area (Å²) < 4.78 is 48.3. The monoisotopic (exact) mass is 381 g/mol. The molecule has 0 spiro atoms. The summed E-state index contributed by atoms with van der Waals surface area (Å²) in [5.74, 6) is 1.34. The van der Waals surface area contributed by atoms with Crippen molar-refractivity contribution in [2.75, 3.05) is 20.8 Å². The van der Waals surface area contributed by atoms with E-state index in [2.05, 4.69) is 0 Å². The van der Waals surface area contributed by atoms with E-state index in [1.807, 2.05) is 0 Å². The largest absolute Gasteiger partial charge is 0.497 e. The third-order valence-electron chi connectivity index (χ3n) is 3.99. The minimum Gasteiger partial charge on any atom is -0.497 e. The molecule has 4 nitrogen and oxygen atoms in total. The van der Waals surface area contributed by atoms with E-state index in [0.29, 0.717) is 30.8 Å². The van der Waals surface area contributed by atoms with Crippen LogP contribution in [0.1, 0.15) is 24.0 Å². The van der Waals surface area contributed by atoms with Gasteiger partial charge in [-0.2, -0.15) is 13.2 Å². The van der Waals surface area contributed by atoms with E-state index in [1.54, 1.807) is 38.4 Å². The highest BCUT2D eigenvalue weighted by Crippen LogP contribution is 2.29. The predicted molar refractivity (Wildman–Crippen MR) is 95.6 cm³/mol. The topological polar surface area (TPSA) is 38.8 Å². The summed E-state index contributed by atoms with van der Waals surface area (Å²) in [4.78, 5) is 13.6. The third kappa shape index (κ3) is 6.51. The quantitative estimate of drug-likeness (QED) is 0.631. The molecule has 2 aromatic rings. The molecule has 27 heavy (non-hydrogen) atoms. The van der Waals surface area contributed by atoms with Crippen molar-refractivity contribution in [1.82, 2.24) is 4.90 Å². The molecule has 2 rings (SSSR count). The van der Waals surface area contributed by atoms with E-state index in [0.717, 1.165) is 17.9 Å². The molecule has 0 saturated carbocycles. The van der Waals surface area contributed by atoms with Crippen molar-refractivity contribution in [3.63, 3.8) is 0 Å². The SMILES string of the molecule is COc1ccc(OCCCC(=O)N(C)Cc2ccc(C(F)(F)F)cc2)cc1. The van der Waals surface area contributed by atoms with Gasteiger partial charge in [0.15, 0.2) is 0 Å². The van der Waals surface area contributed by atoms with Crippen LogP contribution in [0.25, 0.3) is 0 Å². The van der Waals surface area contributed by atoms with Gasteiger partial charge in [0.2, 0.25) is 5.91 Å². The molecule has 0 aliphatic rings. The zero-order valence-corrected chi connectivity index (χ0v) is 15.3. The molecule has 0 saturated heterocycles. The van der Waals surface area contributed by atoms with Crippen molar-refractivity contribution >= 4 is 5.91 Å². The normalized spacial score (nSPS) is 11.1.